The summed E-state index contributed by atoms with van der Waals surface area (Å²) >= 11 is 0. The Balaban J connectivity index is 2.06. The second-order valence-electron chi connectivity index (χ2n) is 4.53. The summed E-state index contributed by atoms with van der Waals surface area (Å²) in [6.45, 7) is -1.28. The maximum atomic E-state index is 12.1. The minimum absolute atomic E-state index is 0.00789. The van der Waals surface area contributed by atoms with Crippen LogP contribution in [0.5, 0.6) is 5.75 Å². The third-order valence-electron chi connectivity index (χ3n) is 3.00. The van der Waals surface area contributed by atoms with Crippen LogP contribution in [0, 0.1) is 10.1 Å². The number of amides is 1. The smallest absolute Gasteiger partial charge is 0.387 e. The van der Waals surface area contributed by atoms with E-state index < -0.39 is 29.2 Å². The number of hydrogen-bond acceptors (Lipinski definition) is 5. The third-order valence-corrected chi connectivity index (χ3v) is 3.00. The molecule has 1 aromatic heterocycles. The van der Waals surface area contributed by atoms with Gasteiger partial charge in [-0.25, -0.2) is 0 Å². The number of carbonyl (C=O) groups is 1. The third kappa shape index (κ3) is 3.99. The summed E-state index contributed by atoms with van der Waals surface area (Å²) in [5.41, 5.74) is -0.0861. The van der Waals surface area contributed by atoms with E-state index in [2.05, 4.69) is 20.3 Å². The van der Waals surface area contributed by atoms with Gasteiger partial charge in [-0.2, -0.15) is 13.9 Å². The molecular formula is C13H12F2N4O4. The molecule has 0 aliphatic heterocycles. The Bertz CT molecular complexity index is 702. The van der Waals surface area contributed by atoms with E-state index >= 15 is 0 Å². The molecule has 0 unspecified atom stereocenters. The van der Waals surface area contributed by atoms with Gasteiger partial charge in [0, 0.05) is 0 Å². The van der Waals surface area contributed by atoms with E-state index in [1.54, 1.807) is 6.92 Å². The number of aromatic amines is 1. The van der Waals surface area contributed by atoms with Crippen LogP contribution in [-0.2, 0) is 0 Å². The molecule has 1 amide bonds. The summed E-state index contributed by atoms with van der Waals surface area (Å²) in [5.74, 6) is -0.707. The Hall–Kier alpha value is -3.04. The van der Waals surface area contributed by atoms with Gasteiger partial charge in [0.1, 0.15) is 11.9 Å². The molecule has 10 heteroatoms. The van der Waals surface area contributed by atoms with E-state index in [-0.39, 0.29) is 11.4 Å². The highest BCUT2D eigenvalue weighted by Gasteiger charge is 2.24. The number of hydrogen-bond donors (Lipinski definition) is 2. The van der Waals surface area contributed by atoms with Crippen LogP contribution in [-0.4, -0.2) is 27.6 Å². The molecule has 1 atom stereocenters. The predicted molar refractivity (Wildman–Crippen MR) is 74.2 cm³/mol. The minimum atomic E-state index is -2.92. The second kappa shape index (κ2) is 6.81. The Morgan fingerprint density at radius 3 is 2.61 bits per heavy atom. The van der Waals surface area contributed by atoms with Crippen LogP contribution in [0.3, 0.4) is 0 Å². The molecule has 122 valence electrons. The molecule has 2 N–H and O–H groups in total. The summed E-state index contributed by atoms with van der Waals surface area (Å²) in [6.07, 6.45) is 0.941. The largest absolute Gasteiger partial charge is 0.435 e. The number of ether oxygens (including phenoxy) is 1. The number of alkyl halides is 2. The number of nitrogens with zero attached hydrogens (tertiary/aromatic N) is 2. The van der Waals surface area contributed by atoms with Crippen molar-refractivity contribution in [1.29, 1.82) is 0 Å². The van der Waals surface area contributed by atoms with E-state index in [0.29, 0.717) is 5.56 Å². The number of nitro groups is 1. The number of carbonyl (C=O) groups excluding carboxylic acids is 1. The van der Waals surface area contributed by atoms with Crippen molar-refractivity contribution in [3.05, 3.63) is 51.8 Å². The highest BCUT2D eigenvalue weighted by molar-refractivity contribution is 5.96. The van der Waals surface area contributed by atoms with Crippen LogP contribution in [0.2, 0.25) is 0 Å². The Morgan fingerprint density at radius 1 is 1.39 bits per heavy atom. The van der Waals surface area contributed by atoms with Gasteiger partial charge in [0.2, 0.25) is 5.69 Å². The zero-order chi connectivity index (χ0) is 17.0. The highest BCUT2D eigenvalue weighted by atomic mass is 19.3. The first-order chi connectivity index (χ1) is 10.9. The first-order valence-electron chi connectivity index (χ1n) is 6.42. The zero-order valence-electron chi connectivity index (χ0n) is 11.8. The second-order valence-corrected chi connectivity index (χ2v) is 4.53. The van der Waals surface area contributed by atoms with Gasteiger partial charge in [-0.1, -0.05) is 12.1 Å². The van der Waals surface area contributed by atoms with Gasteiger partial charge in [0.15, 0.2) is 0 Å². The quantitative estimate of drug-likeness (QED) is 0.625. The molecule has 0 saturated heterocycles. The van der Waals surface area contributed by atoms with Crippen molar-refractivity contribution in [3.8, 4) is 5.75 Å². The summed E-state index contributed by atoms with van der Waals surface area (Å²) < 4.78 is 28.4. The highest BCUT2D eigenvalue weighted by Crippen LogP contribution is 2.20. The maximum Gasteiger partial charge on any atom is 0.387 e. The average Bonchev–Trinajstić information content (AvgIpc) is 2.97. The van der Waals surface area contributed by atoms with Gasteiger partial charge in [0.05, 0.1) is 11.0 Å². The minimum Gasteiger partial charge on any atom is -0.435 e. The molecule has 0 radical (unpaired) electrons. The Labute approximate surface area is 128 Å². The topological polar surface area (TPSA) is 110 Å². The molecule has 23 heavy (non-hydrogen) atoms. The van der Waals surface area contributed by atoms with Crippen LogP contribution >= 0.6 is 0 Å². The fraction of sp³-hybridized carbons (Fsp3) is 0.231. The Morgan fingerprint density at radius 2 is 2.04 bits per heavy atom. The lowest BCUT2D eigenvalue weighted by Crippen LogP contribution is -2.27. The lowest BCUT2D eigenvalue weighted by atomic mass is 10.1. The standard InChI is InChI=1S/C13H12F2N4O4/c1-7(8-2-4-9(5-3-8)23-13(14)15)17-12(20)11-10(19(21)22)6-16-18-11/h2-7,13H,1H3,(H,16,18)(H,17,20)/t7-/m0/s1. The molecule has 0 bridgehead atoms. The fourth-order valence-electron chi connectivity index (χ4n) is 1.88. The SMILES string of the molecule is C[C@H](NC(=O)c1[nH]ncc1[N+](=O)[O-])c1ccc(OC(F)F)cc1. The maximum absolute atomic E-state index is 12.1. The molecule has 1 aromatic carbocycles. The number of H-pyrrole nitrogens is 1. The molecule has 0 fully saturated rings. The monoisotopic (exact) mass is 326 g/mol. The lowest BCUT2D eigenvalue weighted by Gasteiger charge is -2.14. The van der Waals surface area contributed by atoms with Crippen molar-refractivity contribution in [2.75, 3.05) is 0 Å². The molecule has 8 nitrogen and oxygen atoms in total. The molecule has 1 heterocycles. The normalized spacial score (nSPS) is 12.0. The molecule has 0 aliphatic rings. The van der Waals surface area contributed by atoms with E-state index in [1.165, 1.54) is 24.3 Å². The summed E-state index contributed by atoms with van der Waals surface area (Å²) in [5, 5.41) is 19.0. The number of benzene rings is 1. The van der Waals surface area contributed by atoms with E-state index in [1.807, 2.05) is 0 Å². The zero-order valence-corrected chi connectivity index (χ0v) is 11.8. The van der Waals surface area contributed by atoms with Crippen molar-refractivity contribution in [2.24, 2.45) is 0 Å². The van der Waals surface area contributed by atoms with E-state index in [0.717, 1.165) is 6.20 Å². The first kappa shape index (κ1) is 16.3. The van der Waals surface area contributed by atoms with Crippen LogP contribution in [0.15, 0.2) is 30.5 Å². The van der Waals surface area contributed by atoms with Gasteiger partial charge < -0.3 is 10.1 Å². The fourth-order valence-corrected chi connectivity index (χ4v) is 1.88. The van der Waals surface area contributed by atoms with E-state index in [9.17, 15) is 23.7 Å². The Kier molecular flexibility index (Phi) is 4.84. The van der Waals surface area contributed by atoms with Crippen LogP contribution in [0.1, 0.15) is 29.0 Å². The van der Waals surface area contributed by atoms with E-state index in [4.69, 9.17) is 0 Å². The molecule has 0 saturated carbocycles. The lowest BCUT2D eigenvalue weighted by molar-refractivity contribution is -0.385. The van der Waals surface area contributed by atoms with Crippen molar-refractivity contribution in [3.63, 3.8) is 0 Å². The molecule has 2 rings (SSSR count). The van der Waals surface area contributed by atoms with Crippen LogP contribution < -0.4 is 10.1 Å². The van der Waals surface area contributed by atoms with Gasteiger partial charge in [-0.3, -0.25) is 20.0 Å². The van der Waals surface area contributed by atoms with Gasteiger partial charge in [-0.05, 0) is 24.6 Å². The van der Waals surface area contributed by atoms with Crippen molar-refractivity contribution < 1.29 is 23.2 Å². The number of nitrogens with one attached hydrogen (secondary N) is 2. The molecule has 0 spiro atoms. The summed E-state index contributed by atoms with van der Waals surface area (Å²) in [4.78, 5) is 22.1. The van der Waals surface area contributed by atoms with Gasteiger partial charge in [0.25, 0.3) is 5.91 Å². The van der Waals surface area contributed by atoms with Crippen molar-refractivity contribution in [2.45, 2.75) is 19.6 Å². The van der Waals surface area contributed by atoms with Crippen LogP contribution in [0.25, 0.3) is 0 Å². The molecular weight excluding hydrogens is 314 g/mol. The predicted octanol–water partition coefficient (Wildman–Crippen LogP) is 2.41. The summed E-state index contributed by atoms with van der Waals surface area (Å²) in [7, 11) is 0. The first-order valence-corrected chi connectivity index (χ1v) is 6.42. The number of aromatic nitrogens is 2. The van der Waals surface area contributed by atoms with Gasteiger partial charge in [-0.15, -0.1) is 0 Å². The van der Waals surface area contributed by atoms with Crippen molar-refractivity contribution in [1.82, 2.24) is 15.5 Å². The van der Waals surface area contributed by atoms with Crippen LogP contribution in [0.4, 0.5) is 14.5 Å². The number of rotatable bonds is 6. The van der Waals surface area contributed by atoms with Crippen molar-refractivity contribution >= 4 is 11.6 Å². The average molecular weight is 326 g/mol. The van der Waals surface area contributed by atoms with Gasteiger partial charge >= 0.3 is 12.3 Å². The molecule has 2 aromatic rings. The summed E-state index contributed by atoms with van der Waals surface area (Å²) in [6, 6.07) is 5.17. The molecule has 0 aliphatic carbocycles. The number of halogens is 2.